The predicted molar refractivity (Wildman–Crippen MR) is 148 cm³/mol. The van der Waals surface area contributed by atoms with E-state index in [-0.39, 0.29) is 0 Å². The Hall–Kier alpha value is -4.13. The number of para-hydroxylation sites is 1. The van der Waals surface area contributed by atoms with Crippen molar-refractivity contribution in [1.29, 1.82) is 0 Å². The van der Waals surface area contributed by atoms with E-state index in [0.717, 1.165) is 35.3 Å². The van der Waals surface area contributed by atoms with Gasteiger partial charge in [0.1, 0.15) is 5.82 Å². The molecule has 2 aliphatic heterocycles. The molecule has 1 saturated carbocycles. The van der Waals surface area contributed by atoms with Crippen LogP contribution in [0, 0.1) is 6.92 Å². The number of rotatable bonds is 5. The van der Waals surface area contributed by atoms with Gasteiger partial charge in [-0.25, -0.2) is 9.67 Å². The van der Waals surface area contributed by atoms with Crippen molar-refractivity contribution in [2.24, 2.45) is 4.99 Å². The van der Waals surface area contributed by atoms with Gasteiger partial charge in [-0.2, -0.15) is 5.10 Å². The molecule has 4 aromatic rings. The highest BCUT2D eigenvalue weighted by Crippen LogP contribution is 2.43. The SMILES string of the molecule is Cc1ccc(-c2ccc(Cn3nc(Nc4ccccc4)c4c3N3C(=N[C@@H]5CCC[C@@H]53)N(C)C4)cc2)nc1. The van der Waals surface area contributed by atoms with Crippen LogP contribution in [0.3, 0.4) is 0 Å². The van der Waals surface area contributed by atoms with Crippen LogP contribution in [-0.2, 0) is 13.1 Å². The molecule has 2 atom stereocenters. The standard InChI is InChI=1S/C30H31N7/c1-20-11-16-25(31-17-20)22-14-12-21(13-15-22)18-36-29-24(28(34-36)32-23-7-4-3-5-8-23)19-35(2)30-33-26-9-6-10-27(26)37(29)30/h3-5,7-8,11-17,26-27H,6,9-10,18-19H2,1-2H3,(H,32,34)/t26-,27+/m1/s1. The lowest BCUT2D eigenvalue weighted by Gasteiger charge is -2.37. The topological polar surface area (TPSA) is 61.6 Å². The number of hydrogen-bond acceptors (Lipinski definition) is 6. The molecule has 4 heterocycles. The molecule has 0 saturated heterocycles. The van der Waals surface area contributed by atoms with Crippen molar-refractivity contribution in [1.82, 2.24) is 19.7 Å². The fourth-order valence-corrected chi connectivity index (χ4v) is 5.94. The van der Waals surface area contributed by atoms with E-state index in [9.17, 15) is 0 Å². The molecule has 3 aliphatic rings. The highest BCUT2D eigenvalue weighted by molar-refractivity contribution is 6.01. The fourth-order valence-electron chi connectivity index (χ4n) is 5.94. The number of benzene rings is 2. The number of nitrogens with zero attached hydrogens (tertiary/aromatic N) is 6. The lowest BCUT2D eigenvalue weighted by molar-refractivity contribution is 0.471. The molecule has 0 amide bonds. The van der Waals surface area contributed by atoms with Gasteiger partial charge in [0.15, 0.2) is 5.82 Å². The number of nitrogens with one attached hydrogen (secondary N) is 1. The molecule has 1 aliphatic carbocycles. The van der Waals surface area contributed by atoms with Crippen LogP contribution in [0.15, 0.2) is 77.9 Å². The van der Waals surface area contributed by atoms with Crippen molar-refractivity contribution in [3.05, 3.63) is 89.6 Å². The molecule has 2 aromatic heterocycles. The van der Waals surface area contributed by atoms with Crippen LogP contribution in [0.1, 0.15) is 36.0 Å². The van der Waals surface area contributed by atoms with Crippen molar-refractivity contribution < 1.29 is 0 Å². The van der Waals surface area contributed by atoms with Crippen LogP contribution in [0.2, 0.25) is 0 Å². The summed E-state index contributed by atoms with van der Waals surface area (Å²) in [7, 11) is 2.15. The van der Waals surface area contributed by atoms with Gasteiger partial charge >= 0.3 is 0 Å². The molecule has 0 bridgehead atoms. The Morgan fingerprint density at radius 2 is 1.81 bits per heavy atom. The maximum absolute atomic E-state index is 5.15. The molecule has 0 radical (unpaired) electrons. The summed E-state index contributed by atoms with van der Waals surface area (Å²) in [6, 6.07) is 24.0. The first-order valence-electron chi connectivity index (χ1n) is 13.2. The lowest BCUT2D eigenvalue weighted by atomic mass is 10.1. The van der Waals surface area contributed by atoms with E-state index < -0.39 is 0 Å². The molecule has 0 spiro atoms. The van der Waals surface area contributed by atoms with Gasteiger partial charge < -0.3 is 10.2 Å². The average Bonchev–Trinajstić information content (AvgIpc) is 3.60. The zero-order valence-electron chi connectivity index (χ0n) is 21.3. The number of aryl methyl sites for hydroxylation is 1. The van der Waals surface area contributed by atoms with Gasteiger partial charge in [0.2, 0.25) is 5.96 Å². The highest BCUT2D eigenvalue weighted by Gasteiger charge is 2.46. The van der Waals surface area contributed by atoms with Gasteiger partial charge in [-0.1, -0.05) is 48.5 Å². The molecule has 1 fully saturated rings. The Bertz CT molecular complexity index is 1450. The normalized spacial score (nSPS) is 19.9. The van der Waals surface area contributed by atoms with Gasteiger partial charge in [-0.3, -0.25) is 9.88 Å². The molecule has 2 aromatic carbocycles. The average molecular weight is 490 g/mol. The lowest BCUT2D eigenvalue weighted by Crippen LogP contribution is -2.49. The van der Waals surface area contributed by atoms with Crippen LogP contribution in [-0.4, -0.2) is 44.8 Å². The minimum atomic E-state index is 0.388. The van der Waals surface area contributed by atoms with E-state index in [4.69, 9.17) is 10.1 Å². The largest absolute Gasteiger partial charge is 0.341 e. The summed E-state index contributed by atoms with van der Waals surface area (Å²) in [6.07, 6.45) is 5.50. The minimum Gasteiger partial charge on any atom is -0.341 e. The van der Waals surface area contributed by atoms with Crippen molar-refractivity contribution in [3.8, 4) is 11.3 Å². The van der Waals surface area contributed by atoms with Gasteiger partial charge in [0, 0.05) is 24.5 Å². The Morgan fingerprint density at radius 1 is 0.973 bits per heavy atom. The first kappa shape index (κ1) is 22.1. The molecular formula is C30H31N7. The Balaban J connectivity index is 1.26. The van der Waals surface area contributed by atoms with E-state index in [1.165, 1.54) is 41.8 Å². The molecule has 186 valence electrons. The minimum absolute atomic E-state index is 0.388. The number of fused-ring (bicyclic) bond motifs is 5. The van der Waals surface area contributed by atoms with E-state index in [1.807, 2.05) is 12.3 Å². The van der Waals surface area contributed by atoms with Gasteiger partial charge in [0.05, 0.1) is 36.4 Å². The third kappa shape index (κ3) is 3.86. The van der Waals surface area contributed by atoms with Crippen LogP contribution in [0.4, 0.5) is 17.3 Å². The highest BCUT2D eigenvalue weighted by atomic mass is 15.5. The van der Waals surface area contributed by atoms with Crippen LogP contribution < -0.4 is 10.2 Å². The first-order valence-corrected chi connectivity index (χ1v) is 13.2. The number of pyridine rings is 1. The zero-order chi connectivity index (χ0) is 24.9. The van der Waals surface area contributed by atoms with E-state index in [2.05, 4.69) is 99.4 Å². The Morgan fingerprint density at radius 3 is 2.59 bits per heavy atom. The molecule has 0 unspecified atom stereocenters. The van der Waals surface area contributed by atoms with Crippen molar-refractivity contribution in [2.75, 3.05) is 17.3 Å². The number of anilines is 3. The second-order valence-electron chi connectivity index (χ2n) is 10.4. The fraction of sp³-hybridized carbons (Fsp3) is 0.300. The van der Waals surface area contributed by atoms with Gasteiger partial charge in [0.25, 0.3) is 0 Å². The second kappa shape index (κ2) is 8.76. The molecular weight excluding hydrogens is 458 g/mol. The Kier molecular flexibility index (Phi) is 5.23. The van der Waals surface area contributed by atoms with E-state index in [0.29, 0.717) is 18.6 Å². The predicted octanol–water partition coefficient (Wildman–Crippen LogP) is 5.59. The molecule has 7 nitrogen and oxygen atoms in total. The van der Waals surface area contributed by atoms with Gasteiger partial charge in [-0.15, -0.1) is 0 Å². The molecule has 7 rings (SSSR count). The quantitative estimate of drug-likeness (QED) is 0.396. The number of aliphatic imine (C=N–C) groups is 1. The van der Waals surface area contributed by atoms with E-state index >= 15 is 0 Å². The summed E-state index contributed by atoms with van der Waals surface area (Å²) in [5, 5.41) is 8.75. The van der Waals surface area contributed by atoms with Crippen LogP contribution >= 0.6 is 0 Å². The summed E-state index contributed by atoms with van der Waals surface area (Å²) >= 11 is 0. The summed E-state index contributed by atoms with van der Waals surface area (Å²) in [5.74, 6) is 3.21. The molecule has 37 heavy (non-hydrogen) atoms. The summed E-state index contributed by atoms with van der Waals surface area (Å²) in [6.45, 7) is 3.55. The number of guanidine groups is 1. The van der Waals surface area contributed by atoms with Gasteiger partial charge in [-0.05, 0) is 55.5 Å². The van der Waals surface area contributed by atoms with Crippen molar-refractivity contribution in [2.45, 2.75) is 51.4 Å². The van der Waals surface area contributed by atoms with Crippen LogP contribution in [0.25, 0.3) is 11.3 Å². The van der Waals surface area contributed by atoms with Crippen LogP contribution in [0.5, 0.6) is 0 Å². The van der Waals surface area contributed by atoms with E-state index in [1.54, 1.807) is 0 Å². The smallest absolute Gasteiger partial charge is 0.203 e. The first-order chi connectivity index (χ1) is 18.1. The maximum Gasteiger partial charge on any atom is 0.203 e. The third-order valence-corrected chi connectivity index (χ3v) is 7.79. The summed E-state index contributed by atoms with van der Waals surface area (Å²) < 4.78 is 2.18. The summed E-state index contributed by atoms with van der Waals surface area (Å²) in [4.78, 5) is 14.5. The summed E-state index contributed by atoms with van der Waals surface area (Å²) in [5.41, 5.74) is 6.79. The monoisotopic (exact) mass is 489 g/mol. The second-order valence-corrected chi connectivity index (χ2v) is 10.4. The van der Waals surface area contributed by atoms with Crippen molar-refractivity contribution >= 4 is 23.3 Å². The zero-order valence-corrected chi connectivity index (χ0v) is 21.3. The number of aromatic nitrogens is 3. The Labute approximate surface area is 217 Å². The maximum atomic E-state index is 5.15. The third-order valence-electron chi connectivity index (χ3n) is 7.79. The molecule has 7 heteroatoms. The van der Waals surface area contributed by atoms with Crippen molar-refractivity contribution in [3.63, 3.8) is 0 Å². The molecule has 1 N–H and O–H groups in total. The number of hydrogen-bond donors (Lipinski definition) is 1.